The molecule has 1 heterocycles. The van der Waals surface area contributed by atoms with E-state index in [1.807, 2.05) is 0 Å². The van der Waals surface area contributed by atoms with Crippen molar-refractivity contribution in [1.29, 1.82) is 0 Å². The van der Waals surface area contributed by atoms with E-state index < -0.39 is 6.04 Å². The van der Waals surface area contributed by atoms with E-state index >= 15 is 0 Å². The molecule has 0 unspecified atom stereocenters. The van der Waals surface area contributed by atoms with Crippen LogP contribution in [0.2, 0.25) is 0 Å². The molecule has 0 aliphatic heterocycles. The summed E-state index contributed by atoms with van der Waals surface area (Å²) in [6, 6.07) is 3.05. The van der Waals surface area contributed by atoms with Crippen molar-refractivity contribution in [3.8, 4) is 0 Å². The molecule has 0 saturated heterocycles. The molecule has 4 heteroatoms. The van der Waals surface area contributed by atoms with Gasteiger partial charge in [0.2, 0.25) is 0 Å². The first-order valence-electron chi connectivity index (χ1n) is 3.60. The zero-order valence-electron chi connectivity index (χ0n) is 6.82. The second-order valence-corrected chi connectivity index (χ2v) is 2.40. The van der Waals surface area contributed by atoms with Crippen LogP contribution in [0.1, 0.15) is 18.2 Å². The molecule has 0 aromatic carbocycles. The van der Waals surface area contributed by atoms with E-state index in [1.165, 1.54) is 13.4 Å². The number of carbonyl (C=O) groups is 1. The fourth-order valence-electron chi connectivity index (χ4n) is 0.866. The summed E-state index contributed by atoms with van der Waals surface area (Å²) in [6.45, 7) is 0. The number of hydrogen-bond donors (Lipinski definition) is 1. The average Bonchev–Trinajstić information content (AvgIpc) is 2.56. The molecule has 0 radical (unpaired) electrons. The molecule has 1 aromatic heterocycles. The molecule has 0 aliphatic rings. The Morgan fingerprint density at radius 2 is 2.58 bits per heavy atom. The standard InChI is InChI=1S/C8H11NO3/c1-11-8(10)5-6(9)7-3-2-4-12-7/h2-4,6H,5,9H2,1H3/t6-/m0/s1. The van der Waals surface area contributed by atoms with Gasteiger partial charge in [-0.05, 0) is 12.1 Å². The molecule has 1 atom stereocenters. The first-order valence-corrected chi connectivity index (χ1v) is 3.60. The summed E-state index contributed by atoms with van der Waals surface area (Å²) in [7, 11) is 1.33. The molecule has 1 rings (SSSR count). The smallest absolute Gasteiger partial charge is 0.307 e. The number of hydrogen-bond acceptors (Lipinski definition) is 4. The van der Waals surface area contributed by atoms with Gasteiger partial charge in [-0.2, -0.15) is 0 Å². The van der Waals surface area contributed by atoms with Crippen molar-refractivity contribution in [3.05, 3.63) is 24.2 Å². The van der Waals surface area contributed by atoms with Crippen LogP contribution in [-0.4, -0.2) is 13.1 Å². The fourth-order valence-corrected chi connectivity index (χ4v) is 0.866. The maximum absolute atomic E-state index is 10.8. The summed E-state index contributed by atoms with van der Waals surface area (Å²) in [5.74, 6) is 0.263. The number of nitrogens with two attached hydrogens (primary N) is 1. The molecule has 4 nitrogen and oxygen atoms in total. The minimum Gasteiger partial charge on any atom is -0.469 e. The highest BCUT2D eigenvalue weighted by Crippen LogP contribution is 2.14. The van der Waals surface area contributed by atoms with Gasteiger partial charge in [0.25, 0.3) is 0 Å². The van der Waals surface area contributed by atoms with Crippen molar-refractivity contribution in [2.24, 2.45) is 5.73 Å². The quantitative estimate of drug-likeness (QED) is 0.681. The highest BCUT2D eigenvalue weighted by molar-refractivity contribution is 5.70. The molecule has 1 aromatic rings. The van der Waals surface area contributed by atoms with E-state index in [1.54, 1.807) is 12.1 Å². The van der Waals surface area contributed by atoms with Crippen LogP contribution in [0.4, 0.5) is 0 Å². The van der Waals surface area contributed by atoms with E-state index in [9.17, 15) is 4.79 Å². The van der Waals surface area contributed by atoms with Gasteiger partial charge in [0, 0.05) is 0 Å². The Bertz CT molecular complexity index is 243. The van der Waals surface area contributed by atoms with Crippen molar-refractivity contribution >= 4 is 5.97 Å². The summed E-state index contributed by atoms with van der Waals surface area (Å²) >= 11 is 0. The lowest BCUT2D eigenvalue weighted by Gasteiger charge is -2.05. The molecular weight excluding hydrogens is 158 g/mol. The predicted octanol–water partition coefficient (Wildman–Crippen LogP) is 0.842. The van der Waals surface area contributed by atoms with Gasteiger partial charge in [-0.25, -0.2) is 0 Å². The first-order chi connectivity index (χ1) is 5.74. The van der Waals surface area contributed by atoms with E-state index in [0.717, 1.165) is 0 Å². The molecule has 0 spiro atoms. The molecule has 66 valence electrons. The largest absolute Gasteiger partial charge is 0.469 e. The van der Waals surface area contributed by atoms with Gasteiger partial charge in [-0.1, -0.05) is 0 Å². The Labute approximate surface area is 70.3 Å². The normalized spacial score (nSPS) is 12.5. The van der Waals surface area contributed by atoms with Crippen LogP contribution in [0.5, 0.6) is 0 Å². The summed E-state index contributed by atoms with van der Waals surface area (Å²) in [4.78, 5) is 10.8. The van der Waals surface area contributed by atoms with Crippen LogP contribution in [0.15, 0.2) is 22.8 Å². The molecule has 2 N–H and O–H groups in total. The number of esters is 1. The van der Waals surface area contributed by atoms with E-state index in [4.69, 9.17) is 10.2 Å². The topological polar surface area (TPSA) is 65.5 Å². The van der Waals surface area contributed by atoms with E-state index in [0.29, 0.717) is 5.76 Å². The summed E-state index contributed by atoms with van der Waals surface area (Å²) in [5.41, 5.74) is 5.62. The Balaban J connectivity index is 2.49. The number of ether oxygens (including phenoxy) is 1. The average molecular weight is 169 g/mol. The third-order valence-electron chi connectivity index (χ3n) is 1.52. The summed E-state index contributed by atoms with van der Waals surface area (Å²) in [6.07, 6.45) is 1.66. The lowest BCUT2D eigenvalue weighted by Crippen LogP contribution is -2.15. The minimum atomic E-state index is -0.410. The highest BCUT2D eigenvalue weighted by Gasteiger charge is 2.13. The predicted molar refractivity (Wildman–Crippen MR) is 42.3 cm³/mol. The third kappa shape index (κ3) is 2.10. The fraction of sp³-hybridized carbons (Fsp3) is 0.375. The van der Waals surface area contributed by atoms with Crippen molar-refractivity contribution in [1.82, 2.24) is 0 Å². The molecule has 0 saturated carbocycles. The Morgan fingerprint density at radius 3 is 3.08 bits per heavy atom. The van der Waals surface area contributed by atoms with Gasteiger partial charge in [-0.3, -0.25) is 4.79 Å². The molecule has 12 heavy (non-hydrogen) atoms. The van der Waals surface area contributed by atoms with Crippen LogP contribution in [0, 0.1) is 0 Å². The monoisotopic (exact) mass is 169 g/mol. The number of carbonyl (C=O) groups excluding carboxylic acids is 1. The lowest BCUT2D eigenvalue weighted by atomic mass is 10.2. The van der Waals surface area contributed by atoms with Gasteiger partial charge < -0.3 is 14.9 Å². The third-order valence-corrected chi connectivity index (χ3v) is 1.52. The molecular formula is C8H11NO3. The number of methoxy groups -OCH3 is 1. The van der Waals surface area contributed by atoms with E-state index in [-0.39, 0.29) is 12.4 Å². The molecule has 0 amide bonds. The summed E-state index contributed by atoms with van der Waals surface area (Å²) < 4.78 is 9.47. The van der Waals surface area contributed by atoms with Gasteiger partial charge in [0.15, 0.2) is 0 Å². The van der Waals surface area contributed by atoms with Crippen LogP contribution < -0.4 is 5.73 Å². The molecule has 0 fully saturated rings. The zero-order valence-corrected chi connectivity index (χ0v) is 6.82. The van der Waals surface area contributed by atoms with Gasteiger partial charge >= 0.3 is 5.97 Å². The van der Waals surface area contributed by atoms with Crippen LogP contribution >= 0.6 is 0 Å². The highest BCUT2D eigenvalue weighted by atomic mass is 16.5. The van der Waals surface area contributed by atoms with Gasteiger partial charge in [0.05, 0.1) is 25.8 Å². The Hall–Kier alpha value is -1.29. The number of rotatable bonds is 3. The van der Waals surface area contributed by atoms with Crippen molar-refractivity contribution < 1.29 is 13.9 Å². The molecule has 0 aliphatic carbocycles. The second-order valence-electron chi connectivity index (χ2n) is 2.40. The first kappa shape index (κ1) is 8.80. The van der Waals surface area contributed by atoms with Crippen LogP contribution in [-0.2, 0) is 9.53 Å². The maximum Gasteiger partial charge on any atom is 0.307 e. The van der Waals surface area contributed by atoms with Crippen molar-refractivity contribution in [3.63, 3.8) is 0 Å². The van der Waals surface area contributed by atoms with Crippen LogP contribution in [0.25, 0.3) is 0 Å². The van der Waals surface area contributed by atoms with Crippen LogP contribution in [0.3, 0.4) is 0 Å². The Morgan fingerprint density at radius 1 is 1.83 bits per heavy atom. The minimum absolute atomic E-state index is 0.143. The summed E-state index contributed by atoms with van der Waals surface area (Å²) in [5, 5.41) is 0. The SMILES string of the molecule is COC(=O)C[C@H](N)c1ccco1. The van der Waals surface area contributed by atoms with Gasteiger partial charge in [-0.15, -0.1) is 0 Å². The zero-order chi connectivity index (χ0) is 8.97. The second kappa shape index (κ2) is 3.92. The molecule has 0 bridgehead atoms. The van der Waals surface area contributed by atoms with Crippen molar-refractivity contribution in [2.75, 3.05) is 7.11 Å². The van der Waals surface area contributed by atoms with E-state index in [2.05, 4.69) is 4.74 Å². The number of furan rings is 1. The lowest BCUT2D eigenvalue weighted by molar-refractivity contribution is -0.141. The van der Waals surface area contributed by atoms with Gasteiger partial charge in [0.1, 0.15) is 5.76 Å². The van der Waals surface area contributed by atoms with Crippen molar-refractivity contribution in [2.45, 2.75) is 12.5 Å². The maximum atomic E-state index is 10.8. The Kier molecular flexibility index (Phi) is 2.88.